The summed E-state index contributed by atoms with van der Waals surface area (Å²) in [6.45, 7) is -0.0426. The minimum Gasteiger partial charge on any atom is -0.350 e. The van der Waals surface area contributed by atoms with Crippen LogP contribution in [-0.4, -0.2) is 26.1 Å². The van der Waals surface area contributed by atoms with Crippen molar-refractivity contribution in [2.75, 3.05) is 0 Å². The average Bonchev–Trinajstić information content (AvgIpc) is 3.05. The second-order valence-corrected chi connectivity index (χ2v) is 6.51. The van der Waals surface area contributed by atoms with Gasteiger partial charge in [-0.3, -0.25) is 4.79 Å². The summed E-state index contributed by atoms with van der Waals surface area (Å²) in [5.74, 6) is -0.339. The molecule has 0 aliphatic carbocycles. The van der Waals surface area contributed by atoms with E-state index >= 15 is 0 Å². The van der Waals surface area contributed by atoms with Crippen LogP contribution in [0.1, 0.15) is 5.56 Å². The van der Waals surface area contributed by atoms with Crippen LogP contribution in [0, 0.1) is 5.82 Å². The third-order valence-electron chi connectivity index (χ3n) is 3.32. The van der Waals surface area contributed by atoms with Crippen LogP contribution >= 0.6 is 27.5 Å². The third kappa shape index (κ3) is 4.61. The molecule has 0 spiro atoms. The zero-order valence-electron chi connectivity index (χ0n) is 12.8. The fourth-order valence-corrected chi connectivity index (χ4v) is 2.62. The molecule has 1 aromatic heterocycles. The van der Waals surface area contributed by atoms with Gasteiger partial charge in [-0.2, -0.15) is 4.80 Å². The maximum Gasteiger partial charge on any atom is 0.243 e. The van der Waals surface area contributed by atoms with Crippen LogP contribution in [0.3, 0.4) is 0 Å². The average molecular weight is 425 g/mol. The Morgan fingerprint density at radius 3 is 2.76 bits per heavy atom. The van der Waals surface area contributed by atoms with E-state index in [1.807, 2.05) is 0 Å². The molecule has 0 saturated heterocycles. The van der Waals surface area contributed by atoms with Crippen LogP contribution in [0.5, 0.6) is 0 Å². The van der Waals surface area contributed by atoms with Gasteiger partial charge in [-0.05, 0) is 47.7 Å². The molecule has 0 atom stereocenters. The van der Waals surface area contributed by atoms with Gasteiger partial charge in [-0.1, -0.05) is 27.5 Å². The van der Waals surface area contributed by atoms with Crippen molar-refractivity contribution in [3.63, 3.8) is 0 Å². The molecule has 25 heavy (non-hydrogen) atoms. The first-order valence-electron chi connectivity index (χ1n) is 7.25. The normalized spacial score (nSPS) is 10.7. The van der Waals surface area contributed by atoms with Gasteiger partial charge in [0, 0.05) is 27.2 Å². The summed E-state index contributed by atoms with van der Waals surface area (Å²) in [6.07, 6.45) is 0. The molecule has 3 rings (SSSR count). The molecular weight excluding hydrogens is 413 g/mol. The van der Waals surface area contributed by atoms with E-state index in [0.717, 1.165) is 10.0 Å². The maximum absolute atomic E-state index is 13.6. The van der Waals surface area contributed by atoms with Crippen molar-refractivity contribution in [3.8, 4) is 11.4 Å². The number of carbonyl (C=O) groups excluding carboxylic acids is 1. The fourth-order valence-electron chi connectivity index (χ4n) is 2.08. The van der Waals surface area contributed by atoms with Crippen LogP contribution in [0.15, 0.2) is 46.9 Å². The maximum atomic E-state index is 13.6. The summed E-state index contributed by atoms with van der Waals surface area (Å²) in [5.41, 5.74) is 1.13. The standard InChI is InChI=1S/C16H12BrClFN5O/c17-12-3-6-14(19)11(7-12)8-20-15(25)9-24-22-16(21-23-24)10-1-4-13(18)5-2-10/h1-7H,8-9H2,(H,20,25). The molecule has 0 saturated carbocycles. The Bertz CT molecular complexity index is 900. The third-order valence-corrected chi connectivity index (χ3v) is 4.07. The Balaban J connectivity index is 1.60. The van der Waals surface area contributed by atoms with E-state index in [2.05, 4.69) is 36.7 Å². The van der Waals surface area contributed by atoms with Gasteiger partial charge < -0.3 is 5.32 Å². The zero-order chi connectivity index (χ0) is 17.8. The number of nitrogens with one attached hydrogen (secondary N) is 1. The lowest BCUT2D eigenvalue weighted by Crippen LogP contribution is -2.28. The van der Waals surface area contributed by atoms with Crippen molar-refractivity contribution in [3.05, 3.63) is 63.3 Å². The molecular formula is C16H12BrClFN5O. The molecule has 3 aromatic rings. The first-order chi connectivity index (χ1) is 12.0. The predicted molar refractivity (Wildman–Crippen MR) is 94.2 cm³/mol. The highest BCUT2D eigenvalue weighted by atomic mass is 79.9. The SMILES string of the molecule is O=C(Cn1nnc(-c2ccc(Cl)cc2)n1)NCc1cc(Br)ccc1F. The van der Waals surface area contributed by atoms with Crippen molar-refractivity contribution < 1.29 is 9.18 Å². The molecule has 1 heterocycles. The minimum atomic E-state index is -0.382. The number of hydrogen-bond acceptors (Lipinski definition) is 4. The monoisotopic (exact) mass is 423 g/mol. The number of carbonyl (C=O) groups is 1. The molecule has 0 radical (unpaired) electrons. The van der Waals surface area contributed by atoms with Crippen LogP contribution < -0.4 is 5.32 Å². The molecule has 1 N–H and O–H groups in total. The van der Waals surface area contributed by atoms with E-state index in [9.17, 15) is 9.18 Å². The lowest BCUT2D eigenvalue weighted by atomic mass is 10.2. The van der Waals surface area contributed by atoms with Gasteiger partial charge in [0.05, 0.1) is 0 Å². The van der Waals surface area contributed by atoms with Gasteiger partial charge in [0.2, 0.25) is 11.7 Å². The highest BCUT2D eigenvalue weighted by Crippen LogP contribution is 2.17. The van der Waals surface area contributed by atoms with E-state index in [1.54, 1.807) is 36.4 Å². The molecule has 128 valence electrons. The number of benzene rings is 2. The number of halogens is 3. The molecule has 0 bridgehead atoms. The Hall–Kier alpha value is -2.32. The molecule has 0 aliphatic heterocycles. The molecule has 1 amide bonds. The largest absolute Gasteiger partial charge is 0.350 e. The Kier molecular flexibility index (Phi) is 5.40. The second-order valence-electron chi connectivity index (χ2n) is 5.16. The molecule has 0 unspecified atom stereocenters. The summed E-state index contributed by atoms with van der Waals surface area (Å²) >= 11 is 9.10. The number of tetrazole rings is 1. The van der Waals surface area contributed by atoms with Crippen LogP contribution in [0.2, 0.25) is 5.02 Å². The molecule has 0 fully saturated rings. The Morgan fingerprint density at radius 1 is 1.24 bits per heavy atom. The van der Waals surface area contributed by atoms with Gasteiger partial charge in [-0.15, -0.1) is 10.2 Å². The second kappa shape index (κ2) is 7.71. The summed E-state index contributed by atoms with van der Waals surface area (Å²) in [5, 5.41) is 15.1. The van der Waals surface area contributed by atoms with Gasteiger partial charge in [-0.25, -0.2) is 4.39 Å². The van der Waals surface area contributed by atoms with Gasteiger partial charge in [0.15, 0.2) is 0 Å². The molecule has 0 aliphatic rings. The summed E-state index contributed by atoms with van der Waals surface area (Å²) < 4.78 is 14.4. The van der Waals surface area contributed by atoms with Crippen molar-refractivity contribution in [2.45, 2.75) is 13.1 Å². The smallest absolute Gasteiger partial charge is 0.243 e. The first-order valence-corrected chi connectivity index (χ1v) is 8.43. The number of nitrogens with zero attached hydrogens (tertiary/aromatic N) is 4. The predicted octanol–water partition coefficient (Wildman–Crippen LogP) is 3.21. The topological polar surface area (TPSA) is 72.7 Å². The van der Waals surface area contributed by atoms with E-state index in [-0.39, 0.29) is 24.8 Å². The van der Waals surface area contributed by atoms with Crippen molar-refractivity contribution in [1.29, 1.82) is 0 Å². The summed E-state index contributed by atoms with van der Waals surface area (Å²) in [4.78, 5) is 13.2. The van der Waals surface area contributed by atoms with Crippen molar-refractivity contribution in [2.24, 2.45) is 0 Å². The van der Waals surface area contributed by atoms with Crippen molar-refractivity contribution >= 4 is 33.4 Å². The number of rotatable bonds is 5. The number of amides is 1. The molecule has 2 aromatic carbocycles. The quantitative estimate of drug-likeness (QED) is 0.683. The van der Waals surface area contributed by atoms with Gasteiger partial charge in [0.1, 0.15) is 12.4 Å². The fraction of sp³-hybridized carbons (Fsp3) is 0.125. The lowest BCUT2D eigenvalue weighted by Gasteiger charge is -2.06. The molecule has 6 nitrogen and oxygen atoms in total. The van der Waals surface area contributed by atoms with Crippen LogP contribution in [0.4, 0.5) is 4.39 Å². The highest BCUT2D eigenvalue weighted by Gasteiger charge is 2.10. The Labute approximate surface area is 156 Å². The van der Waals surface area contributed by atoms with E-state index < -0.39 is 0 Å². The van der Waals surface area contributed by atoms with Crippen LogP contribution in [0.25, 0.3) is 11.4 Å². The van der Waals surface area contributed by atoms with Crippen LogP contribution in [-0.2, 0) is 17.9 Å². The highest BCUT2D eigenvalue weighted by molar-refractivity contribution is 9.10. The number of aromatic nitrogens is 4. The van der Waals surface area contributed by atoms with Crippen molar-refractivity contribution in [1.82, 2.24) is 25.5 Å². The summed E-state index contributed by atoms with van der Waals surface area (Å²) in [6, 6.07) is 11.5. The van der Waals surface area contributed by atoms with E-state index in [4.69, 9.17) is 11.6 Å². The van der Waals surface area contributed by atoms with E-state index in [0.29, 0.717) is 16.4 Å². The lowest BCUT2D eigenvalue weighted by molar-refractivity contribution is -0.122. The zero-order valence-corrected chi connectivity index (χ0v) is 15.1. The first kappa shape index (κ1) is 17.5. The van der Waals surface area contributed by atoms with E-state index in [1.165, 1.54) is 10.9 Å². The number of hydrogen-bond donors (Lipinski definition) is 1. The van der Waals surface area contributed by atoms with Gasteiger partial charge >= 0.3 is 0 Å². The Morgan fingerprint density at radius 2 is 2.00 bits per heavy atom. The summed E-state index contributed by atoms with van der Waals surface area (Å²) in [7, 11) is 0. The molecule has 9 heteroatoms. The van der Waals surface area contributed by atoms with Gasteiger partial charge in [0.25, 0.3) is 0 Å². The minimum absolute atomic E-state index is 0.0723.